The van der Waals surface area contributed by atoms with E-state index in [9.17, 15) is 10.2 Å². The lowest BCUT2D eigenvalue weighted by Gasteiger charge is -2.14. The van der Waals surface area contributed by atoms with E-state index in [2.05, 4.69) is 43.3 Å². The highest BCUT2D eigenvalue weighted by atomic mass is 16.5. The monoisotopic (exact) mass is 510 g/mol. The molecule has 0 aliphatic heterocycles. The minimum atomic E-state index is 0.221. The van der Waals surface area contributed by atoms with E-state index < -0.39 is 0 Å². The van der Waals surface area contributed by atoms with Gasteiger partial charge in [-0.05, 0) is 105 Å². The van der Waals surface area contributed by atoms with Crippen molar-refractivity contribution in [2.75, 3.05) is 0 Å². The number of fused-ring (bicyclic) bond motifs is 2. The largest absolute Gasteiger partial charge is 0.508 e. The van der Waals surface area contributed by atoms with Crippen molar-refractivity contribution in [1.29, 1.82) is 0 Å². The summed E-state index contributed by atoms with van der Waals surface area (Å²) in [5.41, 5.74) is 6.07. The molecule has 2 N–H and O–H groups in total. The fraction of sp³-hybridized carbons (Fsp3) is 0.111. The highest BCUT2D eigenvalue weighted by Crippen LogP contribution is 2.40. The molecule has 0 atom stereocenters. The molecule has 0 aliphatic rings. The number of aromatic hydroxyl groups is 2. The van der Waals surface area contributed by atoms with Crippen LogP contribution in [-0.2, 0) is 6.42 Å². The molecule has 6 aromatic rings. The Labute approximate surface area is 228 Å². The van der Waals surface area contributed by atoms with Crippen LogP contribution in [-0.4, -0.2) is 10.2 Å². The highest BCUT2D eigenvalue weighted by molar-refractivity contribution is 6.00. The van der Waals surface area contributed by atoms with Crippen LogP contribution in [0.5, 0.6) is 23.0 Å². The maximum absolute atomic E-state index is 11.0. The van der Waals surface area contributed by atoms with Gasteiger partial charge >= 0.3 is 0 Å². The predicted molar refractivity (Wildman–Crippen MR) is 161 cm³/mol. The molecule has 0 heterocycles. The fourth-order valence-corrected chi connectivity index (χ4v) is 5.39. The van der Waals surface area contributed by atoms with Gasteiger partial charge in [0.1, 0.15) is 23.0 Å². The third-order valence-corrected chi connectivity index (χ3v) is 7.29. The molecule has 6 aromatic carbocycles. The SMILES string of the molecule is CCCc1ccc2ccc(Oc3ccc4ccc(O)c(-c5ccc(-c6cccc(O)c6)c(C)c5)c4c3)cc2c1. The van der Waals surface area contributed by atoms with E-state index in [1.54, 1.807) is 18.2 Å². The Bertz CT molecular complexity index is 1830. The van der Waals surface area contributed by atoms with Crippen LogP contribution < -0.4 is 4.74 Å². The van der Waals surface area contributed by atoms with Gasteiger partial charge in [-0.1, -0.05) is 80.1 Å². The summed E-state index contributed by atoms with van der Waals surface area (Å²) in [5.74, 6) is 1.95. The molecule has 0 spiro atoms. The van der Waals surface area contributed by atoms with Crippen molar-refractivity contribution in [3.05, 3.63) is 120 Å². The Morgan fingerprint density at radius 1 is 0.641 bits per heavy atom. The summed E-state index contributed by atoms with van der Waals surface area (Å²) < 4.78 is 6.33. The fourth-order valence-electron chi connectivity index (χ4n) is 5.39. The highest BCUT2D eigenvalue weighted by Gasteiger charge is 2.13. The molecule has 0 fully saturated rings. The number of ether oxygens (including phenoxy) is 1. The van der Waals surface area contributed by atoms with Gasteiger partial charge in [0.05, 0.1) is 0 Å². The number of phenolic OH excluding ortho intramolecular Hbond substituents is 2. The van der Waals surface area contributed by atoms with Gasteiger partial charge < -0.3 is 14.9 Å². The van der Waals surface area contributed by atoms with Crippen LogP contribution in [0.25, 0.3) is 43.8 Å². The molecule has 0 bridgehead atoms. The van der Waals surface area contributed by atoms with Crippen molar-refractivity contribution in [1.82, 2.24) is 0 Å². The molecule has 0 aromatic heterocycles. The third-order valence-electron chi connectivity index (χ3n) is 7.29. The predicted octanol–water partition coefficient (Wildman–Crippen LogP) is 9.79. The van der Waals surface area contributed by atoms with Crippen molar-refractivity contribution in [2.45, 2.75) is 26.7 Å². The molecular formula is C36H30O3. The quantitative estimate of drug-likeness (QED) is 0.234. The van der Waals surface area contributed by atoms with E-state index in [-0.39, 0.29) is 11.5 Å². The summed E-state index contributed by atoms with van der Waals surface area (Å²) >= 11 is 0. The molecule has 3 nitrogen and oxygen atoms in total. The van der Waals surface area contributed by atoms with Crippen LogP contribution >= 0.6 is 0 Å². The lowest BCUT2D eigenvalue weighted by Crippen LogP contribution is -1.89. The van der Waals surface area contributed by atoms with Gasteiger partial charge in [0.15, 0.2) is 0 Å². The summed E-state index contributed by atoms with van der Waals surface area (Å²) in [5, 5.41) is 25.2. The molecular weight excluding hydrogens is 480 g/mol. The first-order valence-corrected chi connectivity index (χ1v) is 13.4. The van der Waals surface area contributed by atoms with Gasteiger partial charge in [-0.3, -0.25) is 0 Å². The first-order chi connectivity index (χ1) is 19.0. The zero-order valence-corrected chi connectivity index (χ0v) is 22.1. The van der Waals surface area contributed by atoms with Crippen LogP contribution in [0.2, 0.25) is 0 Å². The summed E-state index contributed by atoms with van der Waals surface area (Å²) in [7, 11) is 0. The van der Waals surface area contributed by atoms with Crippen molar-refractivity contribution >= 4 is 21.5 Å². The maximum atomic E-state index is 11.0. The van der Waals surface area contributed by atoms with Gasteiger partial charge in [-0.25, -0.2) is 0 Å². The van der Waals surface area contributed by atoms with Crippen molar-refractivity contribution in [3.8, 4) is 45.3 Å². The molecule has 192 valence electrons. The normalized spacial score (nSPS) is 11.2. The average molecular weight is 511 g/mol. The number of hydrogen-bond donors (Lipinski definition) is 2. The zero-order chi connectivity index (χ0) is 26.9. The Hall–Kier alpha value is -4.76. The minimum Gasteiger partial charge on any atom is -0.508 e. The van der Waals surface area contributed by atoms with Crippen LogP contribution in [0.15, 0.2) is 109 Å². The molecule has 0 saturated heterocycles. The zero-order valence-electron chi connectivity index (χ0n) is 22.1. The lowest BCUT2D eigenvalue weighted by atomic mass is 9.92. The average Bonchev–Trinajstić information content (AvgIpc) is 2.93. The molecule has 6 rings (SSSR count). The first kappa shape index (κ1) is 24.6. The van der Waals surface area contributed by atoms with E-state index in [0.717, 1.165) is 57.2 Å². The van der Waals surface area contributed by atoms with Gasteiger partial charge in [0.25, 0.3) is 0 Å². The summed E-state index contributed by atoms with van der Waals surface area (Å²) in [6.07, 6.45) is 2.18. The number of phenols is 2. The third kappa shape index (κ3) is 4.92. The molecule has 0 amide bonds. The number of benzene rings is 6. The van der Waals surface area contributed by atoms with Crippen LogP contribution in [0.3, 0.4) is 0 Å². The minimum absolute atomic E-state index is 0.221. The van der Waals surface area contributed by atoms with E-state index >= 15 is 0 Å². The molecule has 0 radical (unpaired) electrons. The van der Waals surface area contributed by atoms with Crippen LogP contribution in [0.4, 0.5) is 0 Å². The van der Waals surface area contributed by atoms with Crippen molar-refractivity contribution in [3.63, 3.8) is 0 Å². The Morgan fingerprint density at radius 2 is 1.41 bits per heavy atom. The maximum Gasteiger partial charge on any atom is 0.128 e. The summed E-state index contributed by atoms with van der Waals surface area (Å²) in [6.45, 7) is 4.24. The second-order valence-electron chi connectivity index (χ2n) is 10.1. The van der Waals surface area contributed by atoms with E-state index in [1.165, 1.54) is 16.3 Å². The van der Waals surface area contributed by atoms with Gasteiger partial charge in [0, 0.05) is 5.56 Å². The van der Waals surface area contributed by atoms with Gasteiger partial charge in [-0.15, -0.1) is 0 Å². The smallest absolute Gasteiger partial charge is 0.128 e. The van der Waals surface area contributed by atoms with Crippen molar-refractivity contribution < 1.29 is 14.9 Å². The number of rotatable bonds is 6. The van der Waals surface area contributed by atoms with Gasteiger partial charge in [-0.2, -0.15) is 0 Å². The van der Waals surface area contributed by atoms with Gasteiger partial charge in [0.2, 0.25) is 0 Å². The second-order valence-corrected chi connectivity index (χ2v) is 10.1. The first-order valence-electron chi connectivity index (χ1n) is 13.4. The molecule has 0 saturated carbocycles. The summed E-state index contributed by atoms with van der Waals surface area (Å²) in [4.78, 5) is 0. The molecule has 3 heteroatoms. The Balaban J connectivity index is 1.38. The van der Waals surface area contributed by atoms with Crippen molar-refractivity contribution in [2.24, 2.45) is 0 Å². The van der Waals surface area contributed by atoms with E-state index in [0.29, 0.717) is 5.75 Å². The van der Waals surface area contributed by atoms with E-state index in [1.807, 2.05) is 61.5 Å². The van der Waals surface area contributed by atoms with Crippen LogP contribution in [0.1, 0.15) is 24.5 Å². The summed E-state index contributed by atoms with van der Waals surface area (Å²) in [6, 6.07) is 35.9. The number of hydrogen-bond acceptors (Lipinski definition) is 3. The standard InChI is InChI=1S/C36H30O3/c1-3-5-24-8-9-25-10-14-31(21-29(25)19-24)39-32-15-11-26-13-17-35(38)36(34(26)22-32)28-12-16-33(23(2)18-28)27-6-4-7-30(37)20-27/h4,6-22,37-38H,3,5H2,1-2H3. The number of aryl methyl sites for hydroxylation is 2. The molecule has 0 aliphatic carbocycles. The Morgan fingerprint density at radius 3 is 2.21 bits per heavy atom. The second kappa shape index (κ2) is 10.2. The topological polar surface area (TPSA) is 49.7 Å². The Kier molecular flexibility index (Phi) is 6.42. The van der Waals surface area contributed by atoms with Crippen LogP contribution in [0, 0.1) is 6.92 Å². The van der Waals surface area contributed by atoms with E-state index in [4.69, 9.17) is 4.74 Å². The lowest BCUT2D eigenvalue weighted by molar-refractivity contribution is 0.475. The molecule has 0 unspecified atom stereocenters. The molecule has 39 heavy (non-hydrogen) atoms.